The molecule has 0 saturated carbocycles. The predicted octanol–water partition coefficient (Wildman–Crippen LogP) is 6.40. The second kappa shape index (κ2) is 11.0. The first kappa shape index (κ1) is 27.7. The predicted molar refractivity (Wildman–Crippen MR) is 146 cm³/mol. The van der Waals surface area contributed by atoms with Crippen LogP contribution in [-0.4, -0.2) is 31.4 Å². The standard InChI is InChI=1S/C28H39N5O2S/c1-18-10-12-20(13-11-18)24-21(15-29-26(34)35-28(6,7)8)23(14-27(3,4)5)31-19(2)22(24)16-36-25-32-30-17-33(25)9/h10-13,17H,14-16H2,1-9H3,(H,29,34). The van der Waals surface area contributed by atoms with Gasteiger partial charge in [0.2, 0.25) is 0 Å². The number of benzene rings is 1. The van der Waals surface area contributed by atoms with E-state index < -0.39 is 11.7 Å². The van der Waals surface area contributed by atoms with E-state index in [-0.39, 0.29) is 5.41 Å². The Balaban J connectivity index is 2.14. The number of alkyl carbamates (subject to hydrolysis) is 1. The van der Waals surface area contributed by atoms with Crippen molar-refractivity contribution >= 4 is 17.9 Å². The van der Waals surface area contributed by atoms with Crippen LogP contribution in [0.3, 0.4) is 0 Å². The zero-order chi connectivity index (χ0) is 26.7. The molecule has 36 heavy (non-hydrogen) atoms. The summed E-state index contributed by atoms with van der Waals surface area (Å²) in [4.78, 5) is 17.7. The molecule has 3 aromatic rings. The van der Waals surface area contributed by atoms with Gasteiger partial charge in [0.15, 0.2) is 5.16 Å². The van der Waals surface area contributed by atoms with Gasteiger partial charge in [-0.2, -0.15) is 0 Å². The molecule has 194 valence electrons. The Kier molecular flexibility index (Phi) is 8.49. The molecule has 0 unspecified atom stereocenters. The largest absolute Gasteiger partial charge is 0.444 e. The van der Waals surface area contributed by atoms with Crippen molar-refractivity contribution in [2.75, 3.05) is 0 Å². The summed E-state index contributed by atoms with van der Waals surface area (Å²) in [7, 11) is 1.94. The summed E-state index contributed by atoms with van der Waals surface area (Å²) in [6.07, 6.45) is 2.06. The van der Waals surface area contributed by atoms with Gasteiger partial charge in [0, 0.05) is 36.3 Å². The zero-order valence-electron chi connectivity index (χ0n) is 23.0. The van der Waals surface area contributed by atoms with E-state index in [0.29, 0.717) is 12.3 Å². The van der Waals surface area contributed by atoms with E-state index in [1.165, 1.54) is 5.56 Å². The number of aryl methyl sites for hydroxylation is 3. The number of nitrogens with one attached hydrogen (secondary N) is 1. The molecule has 0 fully saturated rings. The topological polar surface area (TPSA) is 81.9 Å². The third-order valence-electron chi connectivity index (χ3n) is 5.55. The van der Waals surface area contributed by atoms with Crippen LogP contribution in [-0.2, 0) is 30.5 Å². The number of aromatic nitrogens is 4. The molecule has 7 nitrogen and oxygen atoms in total. The summed E-state index contributed by atoms with van der Waals surface area (Å²) in [5.41, 5.74) is 7.02. The number of hydrogen-bond donors (Lipinski definition) is 1. The first-order valence-corrected chi connectivity index (χ1v) is 13.2. The van der Waals surface area contributed by atoms with E-state index >= 15 is 0 Å². The first-order valence-electron chi connectivity index (χ1n) is 12.3. The highest BCUT2D eigenvalue weighted by molar-refractivity contribution is 7.98. The molecule has 1 aromatic carbocycles. The smallest absolute Gasteiger partial charge is 0.407 e. The molecule has 0 aliphatic carbocycles. The molecular weight excluding hydrogens is 470 g/mol. The molecule has 3 rings (SSSR count). The molecule has 2 aromatic heterocycles. The highest BCUT2D eigenvalue weighted by Gasteiger charge is 2.24. The minimum atomic E-state index is -0.568. The summed E-state index contributed by atoms with van der Waals surface area (Å²) in [6.45, 7) is 16.7. The summed E-state index contributed by atoms with van der Waals surface area (Å²) in [6, 6.07) is 8.55. The molecule has 2 heterocycles. The quantitative estimate of drug-likeness (QED) is 0.371. The first-order chi connectivity index (χ1) is 16.7. The zero-order valence-corrected chi connectivity index (χ0v) is 23.8. The molecular formula is C28H39N5O2S. The molecule has 0 bridgehead atoms. The highest BCUT2D eigenvalue weighted by atomic mass is 32.2. The number of amides is 1. The number of carbonyl (C=O) groups is 1. The van der Waals surface area contributed by atoms with Gasteiger partial charge in [-0.15, -0.1) is 10.2 Å². The van der Waals surface area contributed by atoms with Gasteiger partial charge in [0.1, 0.15) is 11.9 Å². The number of thioether (sulfide) groups is 1. The molecule has 0 aliphatic heterocycles. The van der Waals surface area contributed by atoms with Crippen LogP contribution in [0.15, 0.2) is 35.7 Å². The number of hydrogen-bond acceptors (Lipinski definition) is 6. The average molecular weight is 510 g/mol. The number of pyridine rings is 1. The van der Waals surface area contributed by atoms with Crippen molar-refractivity contribution in [2.45, 2.75) is 84.9 Å². The molecule has 0 saturated heterocycles. The van der Waals surface area contributed by atoms with Crippen LogP contribution >= 0.6 is 11.8 Å². The van der Waals surface area contributed by atoms with Gasteiger partial charge in [0.05, 0.1) is 0 Å². The van der Waals surface area contributed by atoms with Gasteiger partial charge >= 0.3 is 6.09 Å². The monoisotopic (exact) mass is 509 g/mol. The lowest BCUT2D eigenvalue weighted by atomic mass is 9.85. The van der Waals surface area contributed by atoms with Crippen molar-refractivity contribution in [3.05, 3.63) is 58.7 Å². The third-order valence-corrected chi connectivity index (χ3v) is 6.61. The summed E-state index contributed by atoms with van der Waals surface area (Å²) in [5.74, 6) is 0.684. The fourth-order valence-electron chi connectivity index (χ4n) is 3.94. The molecule has 8 heteroatoms. The maximum atomic E-state index is 12.6. The SMILES string of the molecule is Cc1ccc(-c2c(CSc3nncn3C)c(C)nc(CC(C)(C)C)c2CNC(=O)OC(C)(C)C)cc1. The fraction of sp³-hybridized carbons (Fsp3) is 0.500. The van der Waals surface area contributed by atoms with Crippen molar-refractivity contribution in [3.8, 4) is 11.1 Å². The Morgan fingerprint density at radius 2 is 1.72 bits per heavy atom. The van der Waals surface area contributed by atoms with Crippen LogP contribution in [0.4, 0.5) is 4.79 Å². The summed E-state index contributed by atoms with van der Waals surface area (Å²) in [5, 5.41) is 12.1. The number of carbonyl (C=O) groups excluding carboxylic acids is 1. The molecule has 0 aliphatic rings. The van der Waals surface area contributed by atoms with Gasteiger partial charge in [-0.05, 0) is 63.1 Å². The maximum Gasteiger partial charge on any atom is 0.407 e. The van der Waals surface area contributed by atoms with Gasteiger partial charge in [-0.3, -0.25) is 4.98 Å². The minimum Gasteiger partial charge on any atom is -0.444 e. The van der Waals surface area contributed by atoms with Gasteiger partial charge in [0.25, 0.3) is 0 Å². The number of rotatable bonds is 7. The van der Waals surface area contributed by atoms with E-state index in [9.17, 15) is 4.79 Å². The van der Waals surface area contributed by atoms with Crippen LogP contribution in [0.5, 0.6) is 0 Å². The Bertz CT molecular complexity index is 1200. The lowest BCUT2D eigenvalue weighted by Gasteiger charge is -2.26. The van der Waals surface area contributed by atoms with Crippen LogP contribution < -0.4 is 5.32 Å². The number of nitrogens with zero attached hydrogens (tertiary/aromatic N) is 4. The Morgan fingerprint density at radius 3 is 2.28 bits per heavy atom. The van der Waals surface area contributed by atoms with E-state index in [1.807, 2.05) is 32.4 Å². The van der Waals surface area contributed by atoms with Crippen LogP contribution in [0, 0.1) is 19.3 Å². The minimum absolute atomic E-state index is 0.0273. The van der Waals surface area contributed by atoms with Crippen molar-refractivity contribution in [1.82, 2.24) is 25.1 Å². The van der Waals surface area contributed by atoms with Crippen molar-refractivity contribution in [3.63, 3.8) is 0 Å². The van der Waals surface area contributed by atoms with Gasteiger partial charge in [-0.25, -0.2) is 4.79 Å². The van der Waals surface area contributed by atoms with Crippen LogP contribution in [0.25, 0.3) is 11.1 Å². The fourth-order valence-corrected chi connectivity index (χ4v) is 4.93. The second-order valence-corrected chi connectivity index (χ2v) is 12.4. The molecule has 0 spiro atoms. The molecule has 0 radical (unpaired) electrons. The van der Waals surface area contributed by atoms with E-state index in [0.717, 1.165) is 45.2 Å². The third kappa shape index (κ3) is 7.56. The van der Waals surface area contributed by atoms with Crippen molar-refractivity contribution < 1.29 is 9.53 Å². The van der Waals surface area contributed by atoms with E-state index in [2.05, 4.69) is 74.4 Å². The van der Waals surface area contributed by atoms with Gasteiger partial charge in [-0.1, -0.05) is 62.4 Å². The van der Waals surface area contributed by atoms with E-state index in [4.69, 9.17) is 9.72 Å². The summed E-state index contributed by atoms with van der Waals surface area (Å²) >= 11 is 1.63. The normalized spacial score (nSPS) is 12.0. The summed E-state index contributed by atoms with van der Waals surface area (Å²) < 4.78 is 7.45. The molecule has 1 N–H and O–H groups in total. The Morgan fingerprint density at radius 1 is 1.06 bits per heavy atom. The maximum absolute atomic E-state index is 12.6. The lowest BCUT2D eigenvalue weighted by molar-refractivity contribution is 0.0523. The number of ether oxygens (including phenoxy) is 1. The lowest BCUT2D eigenvalue weighted by Crippen LogP contribution is -2.33. The highest BCUT2D eigenvalue weighted by Crippen LogP contribution is 2.37. The van der Waals surface area contributed by atoms with Crippen molar-refractivity contribution in [2.24, 2.45) is 12.5 Å². The van der Waals surface area contributed by atoms with E-state index in [1.54, 1.807) is 18.1 Å². The van der Waals surface area contributed by atoms with Crippen LogP contribution in [0.1, 0.15) is 69.6 Å². The Hall–Kier alpha value is -2.87. The second-order valence-electron chi connectivity index (χ2n) is 11.4. The Labute approximate surface area is 219 Å². The van der Waals surface area contributed by atoms with Gasteiger partial charge < -0.3 is 14.6 Å². The molecule has 0 atom stereocenters. The molecule has 1 amide bonds. The van der Waals surface area contributed by atoms with Crippen LogP contribution in [0.2, 0.25) is 0 Å². The average Bonchev–Trinajstić information content (AvgIpc) is 3.15. The van der Waals surface area contributed by atoms with Crippen molar-refractivity contribution in [1.29, 1.82) is 0 Å².